The number of nitrogens with one attached hydrogen (secondary N) is 2. The summed E-state index contributed by atoms with van der Waals surface area (Å²) in [6.45, 7) is 6.37. The zero-order chi connectivity index (χ0) is 25.4. The van der Waals surface area contributed by atoms with E-state index < -0.39 is 5.92 Å². The lowest BCUT2D eigenvalue weighted by Crippen LogP contribution is -2.36. The van der Waals surface area contributed by atoms with Gasteiger partial charge in [-0.3, -0.25) is 9.59 Å². The van der Waals surface area contributed by atoms with Crippen LogP contribution < -0.4 is 15.4 Å². The lowest BCUT2D eigenvalue weighted by atomic mass is 9.72. The third kappa shape index (κ3) is 4.47. The van der Waals surface area contributed by atoms with Gasteiger partial charge in [-0.2, -0.15) is 0 Å². The summed E-state index contributed by atoms with van der Waals surface area (Å²) in [7, 11) is 0. The maximum Gasteiger partial charge on any atom is 0.193 e. The number of rotatable bonds is 5. The van der Waals surface area contributed by atoms with Gasteiger partial charge >= 0.3 is 0 Å². The van der Waals surface area contributed by atoms with Gasteiger partial charge in [0.15, 0.2) is 17.3 Å². The van der Waals surface area contributed by atoms with Crippen molar-refractivity contribution < 1.29 is 19.4 Å². The molecular weight excluding hydrogens is 452 g/mol. The van der Waals surface area contributed by atoms with Crippen molar-refractivity contribution >= 4 is 22.9 Å². The number of hydrogen-bond acceptors (Lipinski definition) is 6. The lowest BCUT2D eigenvalue weighted by molar-refractivity contribution is -0.124. The molecule has 0 bridgehead atoms. The number of carbonyl (C=O) groups is 2. The molecule has 0 aromatic heterocycles. The van der Waals surface area contributed by atoms with Crippen LogP contribution in [0.5, 0.6) is 11.5 Å². The Labute approximate surface area is 211 Å². The molecule has 0 saturated heterocycles. The second-order valence-corrected chi connectivity index (χ2v) is 10.1. The predicted octanol–water partition coefficient (Wildman–Crippen LogP) is 6.10. The SMILES string of the molecule is CCOc1cc([C@H]2Nc3ccc(C(=O)c4ccccc4)cc3NC3=CC(C)(C)CC(=O)[C@@H]32)ccc1O. The maximum absolute atomic E-state index is 13.5. The zero-order valence-electron chi connectivity index (χ0n) is 20.7. The fourth-order valence-corrected chi connectivity index (χ4v) is 5.12. The van der Waals surface area contributed by atoms with Crippen molar-refractivity contribution in [1.82, 2.24) is 0 Å². The number of fused-ring (bicyclic) bond motifs is 2. The Morgan fingerprint density at radius 1 is 1.03 bits per heavy atom. The quantitative estimate of drug-likeness (QED) is 0.381. The summed E-state index contributed by atoms with van der Waals surface area (Å²) in [4.78, 5) is 26.6. The minimum Gasteiger partial charge on any atom is -0.504 e. The monoisotopic (exact) mass is 482 g/mol. The van der Waals surface area contributed by atoms with Crippen LogP contribution in [0.25, 0.3) is 0 Å². The van der Waals surface area contributed by atoms with Gasteiger partial charge in [0.1, 0.15) is 5.78 Å². The van der Waals surface area contributed by atoms with E-state index in [9.17, 15) is 14.7 Å². The fraction of sp³-hybridized carbons (Fsp3) is 0.267. The van der Waals surface area contributed by atoms with Crippen LogP contribution in [0.1, 0.15) is 54.7 Å². The summed E-state index contributed by atoms with van der Waals surface area (Å²) in [5.41, 5.74) is 4.06. The number of phenolic OH excluding ortho intramolecular Hbond substituents is 1. The second kappa shape index (κ2) is 9.19. The van der Waals surface area contributed by atoms with Crippen LogP contribution in [-0.2, 0) is 4.79 Å². The molecule has 3 aromatic carbocycles. The number of aromatic hydroxyl groups is 1. The van der Waals surface area contributed by atoms with Gasteiger partial charge in [0.25, 0.3) is 0 Å². The normalized spacial score (nSPS) is 20.1. The smallest absolute Gasteiger partial charge is 0.193 e. The van der Waals surface area contributed by atoms with Gasteiger partial charge in [-0.15, -0.1) is 0 Å². The number of phenols is 1. The number of ketones is 2. The molecule has 6 heteroatoms. The summed E-state index contributed by atoms with van der Waals surface area (Å²) in [5.74, 6) is 0.0435. The van der Waals surface area contributed by atoms with Crippen LogP contribution in [0, 0.1) is 11.3 Å². The van der Waals surface area contributed by atoms with E-state index in [4.69, 9.17) is 4.74 Å². The van der Waals surface area contributed by atoms with Crippen molar-refractivity contribution in [3.8, 4) is 11.5 Å². The first-order valence-corrected chi connectivity index (χ1v) is 12.2. The molecule has 2 aliphatic rings. The first-order valence-electron chi connectivity index (χ1n) is 12.2. The molecule has 1 heterocycles. The van der Waals surface area contributed by atoms with E-state index in [1.165, 1.54) is 0 Å². The molecule has 184 valence electrons. The van der Waals surface area contributed by atoms with Gasteiger partial charge in [-0.1, -0.05) is 56.3 Å². The van der Waals surface area contributed by atoms with Gasteiger partial charge in [0, 0.05) is 23.2 Å². The highest BCUT2D eigenvalue weighted by molar-refractivity contribution is 6.10. The third-order valence-electron chi connectivity index (χ3n) is 6.74. The number of hydrogen-bond donors (Lipinski definition) is 3. The van der Waals surface area contributed by atoms with Crippen LogP contribution in [0.15, 0.2) is 78.5 Å². The van der Waals surface area contributed by atoms with E-state index in [-0.39, 0.29) is 28.8 Å². The highest BCUT2D eigenvalue weighted by Gasteiger charge is 2.42. The van der Waals surface area contributed by atoms with Crippen LogP contribution >= 0.6 is 0 Å². The Morgan fingerprint density at radius 2 is 1.81 bits per heavy atom. The van der Waals surface area contributed by atoms with E-state index in [1.54, 1.807) is 30.3 Å². The van der Waals surface area contributed by atoms with Crippen molar-refractivity contribution in [2.24, 2.45) is 11.3 Å². The van der Waals surface area contributed by atoms with Crippen molar-refractivity contribution in [3.63, 3.8) is 0 Å². The highest BCUT2D eigenvalue weighted by atomic mass is 16.5. The summed E-state index contributed by atoms with van der Waals surface area (Å²) in [6.07, 6.45) is 2.55. The third-order valence-corrected chi connectivity index (χ3v) is 6.74. The van der Waals surface area contributed by atoms with E-state index >= 15 is 0 Å². The van der Waals surface area contributed by atoms with Crippen molar-refractivity contribution in [1.29, 1.82) is 0 Å². The molecule has 2 atom stereocenters. The van der Waals surface area contributed by atoms with E-state index in [1.807, 2.05) is 57.2 Å². The average Bonchev–Trinajstić information content (AvgIpc) is 3.01. The highest BCUT2D eigenvalue weighted by Crippen LogP contribution is 2.46. The molecule has 1 aliphatic carbocycles. The number of benzene rings is 3. The first-order chi connectivity index (χ1) is 17.3. The molecule has 1 aliphatic heterocycles. The van der Waals surface area contributed by atoms with Crippen molar-refractivity contribution in [2.75, 3.05) is 17.2 Å². The van der Waals surface area contributed by atoms with Crippen molar-refractivity contribution in [3.05, 3.63) is 95.2 Å². The summed E-state index contributed by atoms with van der Waals surface area (Å²) < 4.78 is 5.62. The maximum atomic E-state index is 13.5. The second-order valence-electron chi connectivity index (χ2n) is 10.1. The molecule has 3 N–H and O–H groups in total. The number of carbonyl (C=O) groups excluding carboxylic acids is 2. The fourth-order valence-electron chi connectivity index (χ4n) is 5.12. The summed E-state index contributed by atoms with van der Waals surface area (Å²) in [5, 5.41) is 17.3. The Kier molecular flexibility index (Phi) is 6.04. The Morgan fingerprint density at radius 3 is 2.56 bits per heavy atom. The minimum absolute atomic E-state index is 0.0590. The summed E-state index contributed by atoms with van der Waals surface area (Å²) in [6, 6.07) is 19.5. The van der Waals surface area contributed by atoms with Crippen LogP contribution in [0.3, 0.4) is 0 Å². The minimum atomic E-state index is -0.460. The standard InChI is InChI=1S/C30H30N2O4/c1-4-36-26-15-19(11-13-24(26)33)28-27-23(16-30(2,3)17-25(27)34)31-22-14-20(10-12-21(22)32-28)29(35)18-8-6-5-7-9-18/h5-16,27-28,31-33H,4,17H2,1-3H3/t27-,28-/m1/s1. The molecule has 0 radical (unpaired) electrons. The Balaban J connectivity index is 1.61. The predicted molar refractivity (Wildman–Crippen MR) is 141 cm³/mol. The Hall–Kier alpha value is -4.06. The number of allylic oxidation sites excluding steroid dienone is 1. The molecule has 0 spiro atoms. The van der Waals surface area contributed by atoms with Crippen LogP contribution in [-0.4, -0.2) is 23.3 Å². The molecule has 0 unspecified atom stereocenters. The lowest BCUT2D eigenvalue weighted by Gasteiger charge is -2.35. The summed E-state index contributed by atoms with van der Waals surface area (Å²) >= 11 is 0. The molecule has 0 fully saturated rings. The number of anilines is 2. The van der Waals surface area contributed by atoms with Crippen LogP contribution in [0.2, 0.25) is 0 Å². The van der Waals surface area contributed by atoms with E-state index in [2.05, 4.69) is 16.7 Å². The van der Waals surface area contributed by atoms with E-state index in [0.717, 1.165) is 22.6 Å². The molecule has 6 nitrogen and oxygen atoms in total. The molecule has 0 amide bonds. The van der Waals surface area contributed by atoms with Crippen LogP contribution in [0.4, 0.5) is 11.4 Å². The molecule has 36 heavy (non-hydrogen) atoms. The zero-order valence-corrected chi connectivity index (χ0v) is 20.7. The number of Topliss-reactive ketones (excluding diaryl/α,β-unsaturated/α-hetero) is 1. The van der Waals surface area contributed by atoms with Gasteiger partial charge in [-0.05, 0) is 48.2 Å². The van der Waals surface area contributed by atoms with Gasteiger partial charge in [0.05, 0.1) is 29.9 Å². The first kappa shape index (κ1) is 23.7. The van der Waals surface area contributed by atoms with Gasteiger partial charge in [-0.25, -0.2) is 0 Å². The van der Waals surface area contributed by atoms with Crippen molar-refractivity contribution in [2.45, 2.75) is 33.2 Å². The average molecular weight is 483 g/mol. The van der Waals surface area contributed by atoms with Gasteiger partial charge in [0.2, 0.25) is 0 Å². The molecule has 0 saturated carbocycles. The molecule has 3 aromatic rings. The molecular formula is C30H30N2O4. The van der Waals surface area contributed by atoms with E-state index in [0.29, 0.717) is 29.9 Å². The van der Waals surface area contributed by atoms with Gasteiger partial charge < -0.3 is 20.5 Å². The number of ether oxygens (including phenoxy) is 1. The largest absolute Gasteiger partial charge is 0.504 e. The Bertz CT molecular complexity index is 1360. The molecule has 5 rings (SSSR count). The topological polar surface area (TPSA) is 87.7 Å².